The molecule has 0 atom stereocenters. The van der Waals surface area contributed by atoms with Gasteiger partial charge in [0.05, 0.1) is 5.56 Å². The van der Waals surface area contributed by atoms with Crippen molar-refractivity contribution in [2.75, 3.05) is 11.9 Å². The molecule has 1 aromatic carbocycles. The summed E-state index contributed by atoms with van der Waals surface area (Å²) in [7, 11) is 0. The van der Waals surface area contributed by atoms with Crippen molar-refractivity contribution in [2.24, 2.45) is 11.7 Å². The van der Waals surface area contributed by atoms with Gasteiger partial charge in [-0.2, -0.15) is 13.2 Å². The Bertz CT molecular complexity index is 441. The van der Waals surface area contributed by atoms with Gasteiger partial charge in [0.15, 0.2) is 0 Å². The lowest BCUT2D eigenvalue weighted by Crippen LogP contribution is -2.17. The summed E-state index contributed by atoms with van der Waals surface area (Å²) in [6.07, 6.45) is -4.39. The van der Waals surface area contributed by atoms with Gasteiger partial charge >= 0.3 is 6.18 Å². The number of hydrogen-bond donors (Lipinski definition) is 2. The third kappa shape index (κ3) is 3.87. The topological polar surface area (TPSA) is 38.0 Å². The van der Waals surface area contributed by atoms with Crippen LogP contribution in [0.25, 0.3) is 0 Å². The second-order valence-corrected chi connectivity index (χ2v) is 4.84. The highest BCUT2D eigenvalue weighted by atomic mass is 32.1. The average Bonchev–Trinajstić information content (AvgIpc) is 2.24. The third-order valence-corrected chi connectivity index (χ3v) is 2.53. The van der Waals surface area contributed by atoms with Gasteiger partial charge in [0.2, 0.25) is 0 Å². The van der Waals surface area contributed by atoms with Crippen molar-refractivity contribution in [3.8, 4) is 0 Å². The number of alkyl halides is 3. The van der Waals surface area contributed by atoms with Crippen LogP contribution in [0.15, 0.2) is 18.2 Å². The molecule has 18 heavy (non-hydrogen) atoms. The van der Waals surface area contributed by atoms with Crippen LogP contribution in [0.3, 0.4) is 0 Å². The van der Waals surface area contributed by atoms with Crippen molar-refractivity contribution in [3.05, 3.63) is 29.3 Å². The molecule has 2 nitrogen and oxygen atoms in total. The van der Waals surface area contributed by atoms with E-state index in [2.05, 4.69) is 5.32 Å². The lowest BCUT2D eigenvalue weighted by atomic mass is 10.1. The Morgan fingerprint density at radius 2 is 2.00 bits per heavy atom. The maximum atomic E-state index is 12.6. The molecule has 0 aliphatic rings. The van der Waals surface area contributed by atoms with E-state index in [4.69, 9.17) is 18.0 Å². The van der Waals surface area contributed by atoms with Crippen LogP contribution in [-0.2, 0) is 6.18 Å². The zero-order valence-corrected chi connectivity index (χ0v) is 11.0. The van der Waals surface area contributed by atoms with Crippen LogP contribution in [0.2, 0.25) is 0 Å². The summed E-state index contributed by atoms with van der Waals surface area (Å²) >= 11 is 4.78. The van der Waals surface area contributed by atoms with Crippen LogP contribution in [0, 0.1) is 5.92 Å². The number of anilines is 1. The highest BCUT2D eigenvalue weighted by molar-refractivity contribution is 7.80. The van der Waals surface area contributed by atoms with E-state index in [0.717, 1.165) is 12.1 Å². The predicted molar refractivity (Wildman–Crippen MR) is 70.7 cm³/mol. The van der Waals surface area contributed by atoms with Crippen molar-refractivity contribution >= 4 is 22.9 Å². The van der Waals surface area contributed by atoms with Crippen molar-refractivity contribution in [1.82, 2.24) is 0 Å². The molecule has 0 radical (unpaired) electrons. The van der Waals surface area contributed by atoms with E-state index in [1.807, 2.05) is 13.8 Å². The van der Waals surface area contributed by atoms with E-state index in [-0.39, 0.29) is 10.6 Å². The van der Waals surface area contributed by atoms with E-state index in [1.54, 1.807) is 0 Å². The normalized spacial score (nSPS) is 11.7. The Morgan fingerprint density at radius 1 is 1.39 bits per heavy atom. The number of hydrogen-bond acceptors (Lipinski definition) is 2. The maximum Gasteiger partial charge on any atom is 0.416 e. The molecule has 1 aromatic rings. The van der Waals surface area contributed by atoms with Crippen LogP contribution in [0.4, 0.5) is 18.9 Å². The zero-order chi connectivity index (χ0) is 13.9. The van der Waals surface area contributed by atoms with E-state index in [0.29, 0.717) is 18.2 Å². The minimum absolute atomic E-state index is 0.0487. The molecule has 0 aliphatic heterocycles. The predicted octanol–water partition coefficient (Wildman–Crippen LogP) is 3.41. The van der Waals surface area contributed by atoms with Crippen LogP contribution >= 0.6 is 12.2 Å². The molecule has 0 fully saturated rings. The van der Waals surface area contributed by atoms with Crippen molar-refractivity contribution in [1.29, 1.82) is 0 Å². The smallest absolute Gasteiger partial charge is 0.389 e. The standard InChI is InChI=1S/C12H15F3N2S/c1-7(2)6-17-10-4-3-8(12(13,14)15)5-9(10)11(16)18/h3-5,7,17H,6H2,1-2H3,(H2,16,18). The fraction of sp³-hybridized carbons (Fsp3) is 0.417. The van der Waals surface area contributed by atoms with Gasteiger partial charge in [-0.05, 0) is 24.1 Å². The lowest BCUT2D eigenvalue weighted by molar-refractivity contribution is -0.137. The average molecular weight is 276 g/mol. The van der Waals surface area contributed by atoms with Gasteiger partial charge in [0.1, 0.15) is 4.99 Å². The summed E-state index contributed by atoms with van der Waals surface area (Å²) < 4.78 is 37.7. The fourth-order valence-corrected chi connectivity index (χ4v) is 1.56. The molecule has 0 heterocycles. The molecule has 0 aromatic heterocycles. The molecule has 0 bridgehead atoms. The van der Waals surface area contributed by atoms with Crippen molar-refractivity contribution in [3.63, 3.8) is 0 Å². The van der Waals surface area contributed by atoms with Crippen LogP contribution in [0.1, 0.15) is 25.0 Å². The van der Waals surface area contributed by atoms with E-state index < -0.39 is 11.7 Å². The summed E-state index contributed by atoms with van der Waals surface area (Å²) in [6.45, 7) is 4.63. The first kappa shape index (κ1) is 14.8. The van der Waals surface area contributed by atoms with E-state index in [9.17, 15) is 13.2 Å². The van der Waals surface area contributed by atoms with Gasteiger partial charge in [-0.1, -0.05) is 26.1 Å². The Morgan fingerprint density at radius 3 is 2.44 bits per heavy atom. The van der Waals surface area contributed by atoms with Crippen molar-refractivity contribution in [2.45, 2.75) is 20.0 Å². The Kier molecular flexibility index (Phi) is 4.56. The summed E-state index contributed by atoms with van der Waals surface area (Å²) in [5, 5.41) is 3.04. The summed E-state index contributed by atoms with van der Waals surface area (Å²) in [5.74, 6) is 0.367. The molecule has 0 unspecified atom stereocenters. The third-order valence-electron chi connectivity index (χ3n) is 2.31. The Hall–Kier alpha value is -1.30. The van der Waals surface area contributed by atoms with Gasteiger partial charge in [-0.25, -0.2) is 0 Å². The monoisotopic (exact) mass is 276 g/mol. The number of halogens is 3. The Labute approximate surface area is 109 Å². The molecule has 1 rings (SSSR count). The zero-order valence-electron chi connectivity index (χ0n) is 10.1. The second-order valence-electron chi connectivity index (χ2n) is 4.40. The highest BCUT2D eigenvalue weighted by Gasteiger charge is 2.31. The van der Waals surface area contributed by atoms with E-state index >= 15 is 0 Å². The molecule has 0 amide bonds. The van der Waals surface area contributed by atoms with Gasteiger partial charge in [0, 0.05) is 17.8 Å². The molecule has 100 valence electrons. The van der Waals surface area contributed by atoms with Crippen LogP contribution < -0.4 is 11.1 Å². The molecule has 6 heteroatoms. The van der Waals surface area contributed by atoms with Crippen LogP contribution in [-0.4, -0.2) is 11.5 Å². The lowest BCUT2D eigenvalue weighted by Gasteiger charge is -2.15. The first-order valence-electron chi connectivity index (χ1n) is 5.46. The van der Waals surface area contributed by atoms with Gasteiger partial charge in [-0.3, -0.25) is 0 Å². The van der Waals surface area contributed by atoms with Gasteiger partial charge in [-0.15, -0.1) is 0 Å². The number of nitrogens with two attached hydrogens (primary N) is 1. The fourth-order valence-electron chi connectivity index (χ4n) is 1.39. The molecule has 3 N–H and O–H groups in total. The first-order valence-corrected chi connectivity index (χ1v) is 5.87. The molecular formula is C12H15F3N2S. The molecule has 0 saturated carbocycles. The van der Waals surface area contributed by atoms with Crippen LogP contribution in [0.5, 0.6) is 0 Å². The number of rotatable bonds is 4. The molecule has 0 spiro atoms. The second kappa shape index (κ2) is 5.56. The summed E-state index contributed by atoms with van der Waals surface area (Å²) in [5.41, 5.74) is 5.46. The molecule has 0 aliphatic carbocycles. The van der Waals surface area contributed by atoms with E-state index in [1.165, 1.54) is 6.07 Å². The SMILES string of the molecule is CC(C)CNc1ccc(C(F)(F)F)cc1C(N)=S. The number of thiocarbonyl (C=S) groups is 1. The Balaban J connectivity index is 3.09. The molecular weight excluding hydrogens is 261 g/mol. The maximum absolute atomic E-state index is 12.6. The quantitative estimate of drug-likeness (QED) is 0.828. The minimum atomic E-state index is -4.39. The summed E-state index contributed by atoms with van der Waals surface area (Å²) in [4.78, 5) is -0.0487. The largest absolute Gasteiger partial charge is 0.416 e. The molecule has 0 saturated heterocycles. The van der Waals surface area contributed by atoms with Crippen molar-refractivity contribution < 1.29 is 13.2 Å². The minimum Gasteiger partial charge on any atom is -0.389 e. The first-order chi connectivity index (χ1) is 8.21. The summed E-state index contributed by atoms with van der Waals surface area (Å²) in [6, 6.07) is 3.36. The number of nitrogens with one attached hydrogen (secondary N) is 1. The van der Waals surface area contributed by atoms with Gasteiger partial charge in [0.25, 0.3) is 0 Å². The highest BCUT2D eigenvalue weighted by Crippen LogP contribution is 2.31. The van der Waals surface area contributed by atoms with Gasteiger partial charge < -0.3 is 11.1 Å². The number of benzene rings is 1.